The van der Waals surface area contributed by atoms with Gasteiger partial charge in [-0.15, -0.1) is 11.3 Å². The van der Waals surface area contributed by atoms with E-state index in [1.54, 1.807) is 11.3 Å². The van der Waals surface area contributed by atoms with Gasteiger partial charge in [-0.1, -0.05) is 18.5 Å². The molecule has 0 saturated carbocycles. The number of hydrogen-bond acceptors (Lipinski definition) is 3. The summed E-state index contributed by atoms with van der Waals surface area (Å²) in [5.41, 5.74) is 0. The molecule has 0 aliphatic carbocycles. The summed E-state index contributed by atoms with van der Waals surface area (Å²) in [6.45, 7) is 7.93. The van der Waals surface area contributed by atoms with E-state index in [4.69, 9.17) is 11.6 Å². The van der Waals surface area contributed by atoms with E-state index in [2.05, 4.69) is 23.2 Å². The Morgan fingerprint density at radius 2 is 2.44 bits per heavy atom. The van der Waals surface area contributed by atoms with Gasteiger partial charge in [0.25, 0.3) is 0 Å². The molecule has 4 heteroatoms. The maximum absolute atomic E-state index is 5.93. The van der Waals surface area contributed by atoms with Crippen molar-refractivity contribution in [3.63, 3.8) is 0 Å². The van der Waals surface area contributed by atoms with Gasteiger partial charge in [0.05, 0.1) is 4.34 Å². The minimum absolute atomic E-state index is 0.829. The largest absolute Gasteiger partial charge is 0.317 e. The van der Waals surface area contributed by atoms with Crippen LogP contribution in [0, 0.1) is 5.92 Å². The Hall–Kier alpha value is -0.0900. The van der Waals surface area contributed by atoms with Crippen LogP contribution in [0.15, 0.2) is 12.1 Å². The maximum atomic E-state index is 5.93. The highest BCUT2D eigenvalue weighted by atomic mass is 35.5. The summed E-state index contributed by atoms with van der Waals surface area (Å²) in [5.74, 6) is 0.829. The van der Waals surface area contributed by atoms with Gasteiger partial charge in [0.1, 0.15) is 0 Å². The molecule has 0 aromatic carbocycles. The highest BCUT2D eigenvalue weighted by Gasteiger charge is 2.22. The second kappa shape index (κ2) is 6.01. The fourth-order valence-corrected chi connectivity index (χ4v) is 3.36. The zero-order valence-corrected chi connectivity index (χ0v) is 11.3. The lowest BCUT2D eigenvalue weighted by Gasteiger charge is -2.14. The number of likely N-dealkylation sites (tertiary alicyclic amines) is 1. The van der Waals surface area contributed by atoms with Crippen molar-refractivity contribution in [3.8, 4) is 0 Å². The third kappa shape index (κ3) is 3.45. The molecule has 0 bridgehead atoms. The Kier molecular flexibility index (Phi) is 4.65. The van der Waals surface area contributed by atoms with Gasteiger partial charge in [-0.05, 0) is 44.1 Å². The fraction of sp³-hybridized carbons (Fsp3) is 0.667. The van der Waals surface area contributed by atoms with Gasteiger partial charge in [0, 0.05) is 18.0 Å². The van der Waals surface area contributed by atoms with Gasteiger partial charge in [-0.25, -0.2) is 0 Å². The molecule has 1 saturated heterocycles. The van der Waals surface area contributed by atoms with Crippen molar-refractivity contribution in [2.45, 2.75) is 19.9 Å². The number of rotatable bonds is 5. The van der Waals surface area contributed by atoms with Crippen LogP contribution in [0.3, 0.4) is 0 Å². The van der Waals surface area contributed by atoms with E-state index in [-0.39, 0.29) is 0 Å². The summed E-state index contributed by atoms with van der Waals surface area (Å²) in [5, 5.41) is 3.43. The van der Waals surface area contributed by atoms with Crippen molar-refractivity contribution >= 4 is 22.9 Å². The molecular weight excluding hydrogens is 240 g/mol. The SMILES string of the molecule is CCNCC1CCN(Cc2ccc(Cl)s2)C1. The number of halogens is 1. The summed E-state index contributed by atoms with van der Waals surface area (Å²) in [7, 11) is 0. The first-order valence-electron chi connectivity index (χ1n) is 5.95. The topological polar surface area (TPSA) is 15.3 Å². The molecule has 16 heavy (non-hydrogen) atoms. The molecule has 1 aromatic heterocycles. The van der Waals surface area contributed by atoms with Crippen LogP contribution in [0.2, 0.25) is 4.34 Å². The molecule has 1 unspecified atom stereocenters. The molecule has 90 valence electrons. The summed E-state index contributed by atoms with van der Waals surface area (Å²) < 4.78 is 0.901. The van der Waals surface area contributed by atoms with Crippen molar-refractivity contribution in [1.82, 2.24) is 10.2 Å². The molecular formula is C12H19ClN2S. The van der Waals surface area contributed by atoms with Gasteiger partial charge in [0.2, 0.25) is 0 Å². The molecule has 0 spiro atoms. The molecule has 1 aliphatic heterocycles. The lowest BCUT2D eigenvalue weighted by atomic mass is 10.1. The van der Waals surface area contributed by atoms with E-state index in [0.717, 1.165) is 29.9 Å². The maximum Gasteiger partial charge on any atom is 0.0931 e. The van der Waals surface area contributed by atoms with Crippen LogP contribution in [-0.4, -0.2) is 31.1 Å². The average Bonchev–Trinajstić information content (AvgIpc) is 2.86. The highest BCUT2D eigenvalue weighted by molar-refractivity contribution is 7.16. The van der Waals surface area contributed by atoms with E-state index in [0.29, 0.717) is 0 Å². The van der Waals surface area contributed by atoms with Crippen LogP contribution in [0.4, 0.5) is 0 Å². The monoisotopic (exact) mass is 258 g/mol. The van der Waals surface area contributed by atoms with Crippen molar-refractivity contribution < 1.29 is 0 Å². The Bertz CT molecular complexity index is 327. The second-order valence-electron chi connectivity index (χ2n) is 4.40. The molecule has 1 aromatic rings. The fourth-order valence-electron chi connectivity index (χ4n) is 2.23. The second-order valence-corrected chi connectivity index (χ2v) is 6.20. The normalized spacial score (nSPS) is 21.8. The van der Waals surface area contributed by atoms with Crippen LogP contribution >= 0.6 is 22.9 Å². The molecule has 2 heterocycles. The lowest BCUT2D eigenvalue weighted by Crippen LogP contribution is -2.25. The van der Waals surface area contributed by atoms with E-state index in [1.165, 1.54) is 24.4 Å². The highest BCUT2D eigenvalue weighted by Crippen LogP contribution is 2.25. The number of nitrogens with zero attached hydrogens (tertiary/aromatic N) is 1. The first-order valence-corrected chi connectivity index (χ1v) is 7.14. The minimum atomic E-state index is 0.829. The third-order valence-electron chi connectivity index (χ3n) is 3.06. The molecule has 0 amide bonds. The Morgan fingerprint density at radius 1 is 1.56 bits per heavy atom. The summed E-state index contributed by atoms with van der Waals surface area (Å²) in [6.07, 6.45) is 1.33. The van der Waals surface area contributed by atoms with Crippen molar-refractivity contribution in [2.24, 2.45) is 5.92 Å². The van der Waals surface area contributed by atoms with E-state index in [9.17, 15) is 0 Å². The number of thiophene rings is 1. The van der Waals surface area contributed by atoms with Crippen LogP contribution < -0.4 is 5.32 Å². The van der Waals surface area contributed by atoms with Crippen molar-refractivity contribution in [2.75, 3.05) is 26.2 Å². The summed E-state index contributed by atoms with van der Waals surface area (Å²) in [4.78, 5) is 3.92. The molecule has 1 fully saturated rings. The van der Waals surface area contributed by atoms with Crippen molar-refractivity contribution in [3.05, 3.63) is 21.3 Å². The van der Waals surface area contributed by atoms with E-state index in [1.807, 2.05) is 6.07 Å². The van der Waals surface area contributed by atoms with Crippen molar-refractivity contribution in [1.29, 1.82) is 0 Å². The molecule has 1 atom stereocenters. The Morgan fingerprint density at radius 3 is 3.12 bits per heavy atom. The van der Waals surface area contributed by atoms with Gasteiger partial charge in [-0.3, -0.25) is 4.90 Å². The Balaban J connectivity index is 1.76. The minimum Gasteiger partial charge on any atom is -0.317 e. The Labute approximate surface area is 107 Å². The van der Waals surface area contributed by atoms with Crippen LogP contribution in [0.1, 0.15) is 18.2 Å². The van der Waals surface area contributed by atoms with Gasteiger partial charge in [-0.2, -0.15) is 0 Å². The first kappa shape index (κ1) is 12.4. The standard InChI is InChI=1S/C12H19ClN2S/c1-2-14-7-10-5-6-15(8-10)9-11-3-4-12(13)16-11/h3-4,10,14H,2,5-9H2,1H3. The molecule has 2 nitrogen and oxygen atoms in total. The average molecular weight is 259 g/mol. The van der Waals surface area contributed by atoms with Crippen LogP contribution in [0.25, 0.3) is 0 Å². The predicted octanol–water partition coefficient (Wildman–Crippen LogP) is 2.83. The molecule has 2 rings (SSSR count). The van der Waals surface area contributed by atoms with Gasteiger partial charge in [0.15, 0.2) is 0 Å². The third-order valence-corrected chi connectivity index (χ3v) is 4.28. The zero-order chi connectivity index (χ0) is 11.4. The van der Waals surface area contributed by atoms with Crippen LogP contribution in [0.5, 0.6) is 0 Å². The smallest absolute Gasteiger partial charge is 0.0931 e. The molecule has 1 aliphatic rings. The molecule has 1 N–H and O–H groups in total. The zero-order valence-electron chi connectivity index (χ0n) is 9.71. The number of hydrogen-bond donors (Lipinski definition) is 1. The first-order chi connectivity index (χ1) is 7.78. The van der Waals surface area contributed by atoms with E-state index < -0.39 is 0 Å². The van der Waals surface area contributed by atoms with Gasteiger partial charge < -0.3 is 5.32 Å². The lowest BCUT2D eigenvalue weighted by molar-refractivity contribution is 0.317. The predicted molar refractivity (Wildman–Crippen MR) is 71.3 cm³/mol. The van der Waals surface area contributed by atoms with Gasteiger partial charge >= 0.3 is 0 Å². The molecule has 0 radical (unpaired) electrons. The van der Waals surface area contributed by atoms with E-state index >= 15 is 0 Å². The number of nitrogens with one attached hydrogen (secondary N) is 1. The van der Waals surface area contributed by atoms with Crippen LogP contribution in [-0.2, 0) is 6.54 Å². The quantitative estimate of drug-likeness (QED) is 0.874. The summed E-state index contributed by atoms with van der Waals surface area (Å²) in [6, 6.07) is 4.14. The summed E-state index contributed by atoms with van der Waals surface area (Å²) >= 11 is 7.63.